The first-order valence-electron chi connectivity index (χ1n) is 1.62. The molecule has 0 aliphatic rings. The van der Waals surface area contributed by atoms with Crippen LogP contribution in [0.15, 0.2) is 5.22 Å². The van der Waals surface area contributed by atoms with E-state index in [1.807, 2.05) is 5.43 Å². The normalized spacial score (nSPS) is 5.60. The molecular formula is CHMoN4O2S2-. The van der Waals surface area contributed by atoms with Gasteiger partial charge in [-0.2, -0.15) is 4.91 Å². The van der Waals surface area contributed by atoms with Crippen molar-refractivity contribution in [2.45, 2.75) is 0 Å². The molecule has 9 heteroatoms. The van der Waals surface area contributed by atoms with Crippen LogP contribution in [0.2, 0.25) is 0 Å². The van der Waals surface area contributed by atoms with Crippen molar-refractivity contribution in [1.82, 2.24) is 5.43 Å². The zero-order valence-electron chi connectivity index (χ0n) is 4.38. The van der Waals surface area contributed by atoms with Crippen LogP contribution in [-0.4, -0.2) is 4.32 Å². The molecule has 0 bridgehead atoms. The zero-order chi connectivity index (χ0) is 8.41. The molecule has 1 N–H and O–H groups in total. The van der Waals surface area contributed by atoms with Crippen LogP contribution in [0, 0.1) is 0 Å². The van der Waals surface area contributed by atoms with E-state index < -0.39 is 18.5 Å². The van der Waals surface area contributed by atoms with Crippen LogP contribution < -0.4 is 5.43 Å². The molecule has 0 saturated heterocycles. The number of hydrogen-bond acceptors (Lipinski definition) is 5. The second-order valence-electron chi connectivity index (χ2n) is 0.657. The Labute approximate surface area is 75.5 Å². The van der Waals surface area contributed by atoms with Crippen LogP contribution in [0.25, 0.3) is 10.4 Å². The summed E-state index contributed by atoms with van der Waals surface area (Å²) in [6.07, 6.45) is 0. The van der Waals surface area contributed by atoms with E-state index in [4.69, 9.17) is 12.3 Å². The van der Waals surface area contributed by atoms with Gasteiger partial charge in [-0.3, -0.25) is 0 Å². The summed E-state index contributed by atoms with van der Waals surface area (Å²) in [5.74, 6) is 0. The Bertz CT molecular complexity index is 182. The van der Waals surface area contributed by atoms with Gasteiger partial charge in [0.15, 0.2) is 0 Å². The molecule has 56 valence electrons. The first-order valence-corrected chi connectivity index (χ1v) is 4.07. The molecule has 0 saturated carbocycles. The fourth-order valence-corrected chi connectivity index (χ4v) is 0.145. The number of azide groups is 1. The van der Waals surface area contributed by atoms with Crippen molar-refractivity contribution < 1.29 is 25.3 Å². The molecule has 0 aromatic rings. The molecule has 0 heterocycles. The molecule has 0 unspecified atom stereocenters. The number of thiocarbonyl (C=S) groups is 1. The SMILES string of the molecule is [N-]=[N+]=NNC(=S)[S-].[O]=[Mo]=[O]. The minimum absolute atomic E-state index is 0.0535. The average Bonchev–Trinajstić information content (AvgIpc) is 1.85. The summed E-state index contributed by atoms with van der Waals surface area (Å²) in [6, 6.07) is 0. The molecule has 0 atom stereocenters. The Morgan fingerprint density at radius 2 is 2.20 bits per heavy atom. The van der Waals surface area contributed by atoms with Crippen molar-refractivity contribution >= 4 is 29.2 Å². The second kappa shape index (κ2) is 11.5. The molecule has 0 fully saturated rings. The van der Waals surface area contributed by atoms with Gasteiger partial charge in [0, 0.05) is 4.32 Å². The molecule has 0 amide bonds. The summed E-state index contributed by atoms with van der Waals surface area (Å²) in [7, 11) is 0. The van der Waals surface area contributed by atoms with Crippen LogP contribution in [-0.2, 0) is 37.9 Å². The van der Waals surface area contributed by atoms with Gasteiger partial charge in [-0.1, -0.05) is 0 Å². The minimum atomic E-state index is -2.03. The summed E-state index contributed by atoms with van der Waals surface area (Å²) < 4.78 is 17.1. The third-order valence-electron chi connectivity index (χ3n) is 0.186. The average molecular weight is 261 g/mol. The van der Waals surface area contributed by atoms with Gasteiger partial charge in [0.2, 0.25) is 0 Å². The Balaban J connectivity index is 0. The Morgan fingerprint density at radius 1 is 1.80 bits per heavy atom. The van der Waals surface area contributed by atoms with Crippen LogP contribution in [0.5, 0.6) is 0 Å². The molecule has 0 aliphatic heterocycles. The standard InChI is InChI=1S/CH2N4S2.Mo.2O/c2-4-5-3-1(6)7;;;/h(H2,3,6,7);;;/p-1. The van der Waals surface area contributed by atoms with E-state index in [0.29, 0.717) is 0 Å². The van der Waals surface area contributed by atoms with Gasteiger partial charge in [0.1, 0.15) is 0 Å². The van der Waals surface area contributed by atoms with Crippen LogP contribution in [0.1, 0.15) is 0 Å². The van der Waals surface area contributed by atoms with Gasteiger partial charge >= 0.3 is 25.3 Å². The van der Waals surface area contributed by atoms with Crippen molar-refractivity contribution in [1.29, 1.82) is 0 Å². The van der Waals surface area contributed by atoms with Gasteiger partial charge in [-0.25, -0.2) is 5.43 Å². The third-order valence-corrected chi connectivity index (χ3v) is 0.369. The van der Waals surface area contributed by atoms with Crippen molar-refractivity contribution in [2.24, 2.45) is 5.22 Å². The first-order chi connectivity index (χ1) is 4.68. The van der Waals surface area contributed by atoms with Crippen molar-refractivity contribution in [2.75, 3.05) is 0 Å². The predicted octanol–water partition coefficient (Wildman–Crippen LogP) is 0.393. The Hall–Kier alpha value is -0.292. The van der Waals surface area contributed by atoms with Crippen LogP contribution >= 0.6 is 12.2 Å². The molecule has 0 radical (unpaired) electrons. The molecule has 6 nitrogen and oxygen atoms in total. The van der Waals surface area contributed by atoms with E-state index in [1.54, 1.807) is 0 Å². The predicted molar refractivity (Wildman–Crippen MR) is 33.6 cm³/mol. The quantitative estimate of drug-likeness (QED) is 0.140. The molecule has 0 aromatic heterocycles. The monoisotopic (exact) mass is 263 g/mol. The van der Waals surface area contributed by atoms with Crippen LogP contribution in [0.3, 0.4) is 0 Å². The number of nitrogens with one attached hydrogen (secondary N) is 1. The zero-order valence-corrected chi connectivity index (χ0v) is 8.02. The first kappa shape index (κ1) is 12.4. The fourth-order valence-electron chi connectivity index (χ4n) is 0.0632. The van der Waals surface area contributed by atoms with Crippen LogP contribution in [0.4, 0.5) is 0 Å². The topological polar surface area (TPSA) is 94.9 Å². The summed E-state index contributed by atoms with van der Waals surface area (Å²) >= 11 is 6.57. The van der Waals surface area contributed by atoms with Gasteiger partial charge in [0.05, 0.1) is 0 Å². The summed E-state index contributed by atoms with van der Waals surface area (Å²) in [4.78, 5) is 2.34. The maximum atomic E-state index is 8.50. The van der Waals surface area contributed by atoms with Gasteiger partial charge < -0.3 is 24.8 Å². The van der Waals surface area contributed by atoms with E-state index in [-0.39, 0.29) is 4.32 Å². The van der Waals surface area contributed by atoms with E-state index >= 15 is 0 Å². The molecular weight excluding hydrogens is 260 g/mol. The van der Waals surface area contributed by atoms with E-state index in [1.165, 1.54) is 0 Å². The van der Waals surface area contributed by atoms with Gasteiger partial charge in [-0.15, -0.1) is 5.53 Å². The second-order valence-corrected chi connectivity index (χ2v) is 2.07. The number of nitrogens with zero attached hydrogens (tertiary/aromatic N) is 3. The molecule has 0 aromatic carbocycles. The van der Waals surface area contributed by atoms with Crippen molar-refractivity contribution in [3.8, 4) is 0 Å². The Kier molecular flexibility index (Phi) is 14.2. The summed E-state index contributed by atoms with van der Waals surface area (Å²) in [5, 5.41) is 2.86. The van der Waals surface area contributed by atoms with E-state index in [0.717, 1.165) is 0 Å². The summed E-state index contributed by atoms with van der Waals surface area (Å²) in [5.41, 5.74) is 9.65. The third kappa shape index (κ3) is 25.2. The number of hydrogen-bond donors (Lipinski definition) is 1. The van der Waals surface area contributed by atoms with Crippen molar-refractivity contribution in [3.63, 3.8) is 0 Å². The van der Waals surface area contributed by atoms with Gasteiger partial charge in [-0.05, 0) is 5.22 Å². The maximum absolute atomic E-state index is 8.50. The Morgan fingerprint density at radius 3 is 2.30 bits per heavy atom. The summed E-state index contributed by atoms with van der Waals surface area (Å²) in [6.45, 7) is 0. The van der Waals surface area contributed by atoms with E-state index in [2.05, 4.69) is 35.0 Å². The number of rotatable bonds is 1. The fraction of sp³-hybridized carbons (Fsp3) is 0. The molecule has 0 spiro atoms. The van der Waals surface area contributed by atoms with Gasteiger partial charge in [0.25, 0.3) is 0 Å². The van der Waals surface area contributed by atoms with Crippen molar-refractivity contribution in [3.05, 3.63) is 10.4 Å². The molecule has 10 heavy (non-hydrogen) atoms. The molecule has 0 rings (SSSR count). The molecule has 0 aliphatic carbocycles. The van der Waals surface area contributed by atoms with E-state index in [9.17, 15) is 0 Å².